The number of aliphatic hydroxyl groups excluding tert-OH is 1. The largest absolute Gasteiger partial charge is 0.388 e. The Labute approximate surface area is 122 Å². The monoisotopic (exact) mass is 297 g/mol. The molecule has 21 heavy (non-hydrogen) atoms. The van der Waals surface area contributed by atoms with Crippen LogP contribution in [0.1, 0.15) is 13.8 Å². The third-order valence-electron chi connectivity index (χ3n) is 3.59. The van der Waals surface area contributed by atoms with Crippen LogP contribution in [0.25, 0.3) is 0 Å². The first-order valence-electron chi connectivity index (χ1n) is 6.53. The molecule has 2 fully saturated rings. The van der Waals surface area contributed by atoms with Gasteiger partial charge in [-0.3, -0.25) is 9.59 Å². The molecule has 7 heteroatoms. The molecule has 2 aliphatic rings. The molecular weight excluding hydrogens is 278 g/mol. The van der Waals surface area contributed by atoms with Gasteiger partial charge in [0.15, 0.2) is 0 Å². The molecule has 0 radical (unpaired) electrons. The van der Waals surface area contributed by atoms with Crippen molar-refractivity contribution in [2.45, 2.75) is 37.9 Å². The molecule has 0 aliphatic carbocycles. The molecule has 116 valence electrons. The maximum absolute atomic E-state index is 12.3. The molecule has 0 aromatic heterocycles. The second kappa shape index (κ2) is 5.34. The van der Waals surface area contributed by atoms with Crippen LogP contribution in [0.4, 0.5) is 0 Å². The van der Waals surface area contributed by atoms with E-state index in [0.717, 1.165) is 0 Å². The first-order chi connectivity index (χ1) is 9.70. The van der Waals surface area contributed by atoms with Crippen LogP contribution in [-0.4, -0.2) is 64.2 Å². The average molecular weight is 297 g/mol. The summed E-state index contributed by atoms with van der Waals surface area (Å²) in [5, 5.41) is 20.5. The van der Waals surface area contributed by atoms with E-state index in [0.29, 0.717) is 4.90 Å². The molecule has 7 nitrogen and oxygen atoms in total. The highest BCUT2D eigenvalue weighted by Gasteiger charge is 2.61. The predicted molar refractivity (Wildman–Crippen MR) is 71.9 cm³/mol. The van der Waals surface area contributed by atoms with Crippen molar-refractivity contribution in [1.29, 1.82) is 0 Å². The Balaban J connectivity index is 2.41. The maximum atomic E-state index is 12.3. The second-order valence-electron chi connectivity index (χ2n) is 5.48. The van der Waals surface area contributed by atoms with E-state index in [4.69, 9.17) is 9.47 Å². The van der Waals surface area contributed by atoms with Gasteiger partial charge in [0.05, 0.1) is 13.2 Å². The first kappa shape index (κ1) is 15.8. The van der Waals surface area contributed by atoms with Crippen molar-refractivity contribution in [1.82, 2.24) is 4.90 Å². The lowest BCUT2D eigenvalue weighted by Gasteiger charge is -2.37. The number of hydrogen-bond acceptors (Lipinski definition) is 6. The number of fused-ring (bicyclic) bond motifs is 1. The summed E-state index contributed by atoms with van der Waals surface area (Å²) in [6.07, 6.45) is -2.70. The lowest BCUT2D eigenvalue weighted by molar-refractivity contribution is -0.186. The van der Waals surface area contributed by atoms with Crippen molar-refractivity contribution in [3.8, 4) is 0 Å². The molecule has 0 bridgehead atoms. The van der Waals surface area contributed by atoms with Gasteiger partial charge in [-0.15, -0.1) is 0 Å². The predicted octanol–water partition coefficient (Wildman–Crippen LogP) is -0.659. The molecule has 2 N–H and O–H groups in total. The Bertz CT molecular complexity index is 490. The van der Waals surface area contributed by atoms with Crippen molar-refractivity contribution in [3.63, 3.8) is 0 Å². The van der Waals surface area contributed by atoms with Crippen LogP contribution in [-0.2, 0) is 19.1 Å². The van der Waals surface area contributed by atoms with E-state index >= 15 is 0 Å². The van der Waals surface area contributed by atoms with Crippen LogP contribution < -0.4 is 0 Å². The second-order valence-corrected chi connectivity index (χ2v) is 5.48. The minimum absolute atomic E-state index is 0.0337. The van der Waals surface area contributed by atoms with E-state index in [2.05, 4.69) is 13.2 Å². The standard InChI is InChI=1S/C14H19NO6/c1-7(2)12(17)15(13(18)8(3)4)14(19)6-21-10-9(16)5-20-11(10)14/h9-11,16,19H,1,3,5-6H2,2,4H3/t9-,10-,11+,14-/m1/s1. The third-order valence-corrected chi connectivity index (χ3v) is 3.59. The number of amides is 2. The molecule has 2 rings (SSSR count). The van der Waals surface area contributed by atoms with E-state index in [9.17, 15) is 19.8 Å². The van der Waals surface area contributed by atoms with Gasteiger partial charge in [-0.05, 0) is 13.8 Å². The summed E-state index contributed by atoms with van der Waals surface area (Å²) in [7, 11) is 0. The van der Waals surface area contributed by atoms with Crippen LogP contribution in [0.2, 0.25) is 0 Å². The first-order valence-corrected chi connectivity index (χ1v) is 6.53. The van der Waals surface area contributed by atoms with Crippen LogP contribution >= 0.6 is 0 Å². The van der Waals surface area contributed by atoms with E-state index < -0.39 is 35.9 Å². The fourth-order valence-corrected chi connectivity index (χ4v) is 2.51. The molecule has 0 aromatic rings. The molecule has 2 saturated heterocycles. The van der Waals surface area contributed by atoms with Crippen molar-refractivity contribution in [3.05, 3.63) is 24.3 Å². The molecule has 2 amide bonds. The van der Waals surface area contributed by atoms with Gasteiger partial charge in [-0.1, -0.05) is 13.2 Å². The quantitative estimate of drug-likeness (QED) is 0.530. The van der Waals surface area contributed by atoms with Crippen molar-refractivity contribution in [2.75, 3.05) is 13.2 Å². The zero-order valence-corrected chi connectivity index (χ0v) is 12.0. The van der Waals surface area contributed by atoms with E-state index in [1.54, 1.807) is 0 Å². The summed E-state index contributed by atoms with van der Waals surface area (Å²) in [6, 6.07) is 0. The van der Waals surface area contributed by atoms with Gasteiger partial charge in [0.2, 0.25) is 5.72 Å². The lowest BCUT2D eigenvalue weighted by Crippen LogP contribution is -2.62. The van der Waals surface area contributed by atoms with Crippen molar-refractivity contribution < 1.29 is 29.3 Å². The number of rotatable bonds is 3. The summed E-state index contributed by atoms with van der Waals surface area (Å²) in [5.74, 6) is -1.47. The lowest BCUT2D eigenvalue weighted by atomic mass is 10.0. The van der Waals surface area contributed by atoms with E-state index in [1.807, 2.05) is 0 Å². The number of ether oxygens (including phenoxy) is 2. The van der Waals surface area contributed by atoms with Crippen LogP contribution in [0, 0.1) is 0 Å². The molecular formula is C14H19NO6. The minimum Gasteiger partial charge on any atom is -0.388 e. The Hall–Kier alpha value is -1.54. The van der Waals surface area contributed by atoms with Gasteiger partial charge in [0.1, 0.15) is 18.3 Å². The number of carbonyl (C=O) groups is 2. The highest BCUT2D eigenvalue weighted by atomic mass is 16.6. The van der Waals surface area contributed by atoms with Crippen molar-refractivity contribution in [2.24, 2.45) is 0 Å². The van der Waals surface area contributed by atoms with E-state index in [1.165, 1.54) is 13.8 Å². The number of hydrogen-bond donors (Lipinski definition) is 2. The zero-order valence-electron chi connectivity index (χ0n) is 12.0. The fraction of sp³-hybridized carbons (Fsp3) is 0.571. The summed E-state index contributed by atoms with van der Waals surface area (Å²) in [5.41, 5.74) is -1.83. The molecule has 0 unspecified atom stereocenters. The number of carbonyl (C=O) groups excluding carboxylic acids is 2. The normalized spacial score (nSPS) is 34.4. The zero-order chi connectivity index (χ0) is 15.9. The average Bonchev–Trinajstić information content (AvgIpc) is 2.92. The minimum atomic E-state index is -1.99. The Morgan fingerprint density at radius 3 is 2.19 bits per heavy atom. The third kappa shape index (κ3) is 2.42. The molecule has 2 aliphatic heterocycles. The van der Waals surface area contributed by atoms with Gasteiger partial charge in [0, 0.05) is 11.1 Å². The van der Waals surface area contributed by atoms with E-state index in [-0.39, 0.29) is 24.4 Å². The van der Waals surface area contributed by atoms with Gasteiger partial charge in [-0.25, -0.2) is 4.90 Å². The molecule has 0 aromatic carbocycles. The Kier molecular flexibility index (Phi) is 4.03. The summed E-state index contributed by atoms with van der Waals surface area (Å²) >= 11 is 0. The van der Waals surface area contributed by atoms with Gasteiger partial charge < -0.3 is 19.7 Å². The smallest absolute Gasteiger partial charge is 0.258 e. The van der Waals surface area contributed by atoms with Crippen molar-refractivity contribution >= 4 is 11.8 Å². The van der Waals surface area contributed by atoms with Crippen LogP contribution in [0.5, 0.6) is 0 Å². The van der Waals surface area contributed by atoms with Crippen LogP contribution in [0.3, 0.4) is 0 Å². The topological polar surface area (TPSA) is 96.3 Å². The Morgan fingerprint density at radius 2 is 1.71 bits per heavy atom. The molecule has 2 heterocycles. The van der Waals surface area contributed by atoms with Gasteiger partial charge >= 0.3 is 0 Å². The molecule has 4 atom stereocenters. The summed E-state index contributed by atoms with van der Waals surface area (Å²) in [6.45, 7) is 9.51. The van der Waals surface area contributed by atoms with Crippen LogP contribution in [0.15, 0.2) is 24.3 Å². The van der Waals surface area contributed by atoms with Gasteiger partial charge in [-0.2, -0.15) is 0 Å². The SMILES string of the molecule is C=C(C)C(=O)N(C(=O)C(=C)C)[C@@]1(O)CO[C@@H]2[C@H](O)CO[C@@H]21. The highest BCUT2D eigenvalue weighted by molar-refractivity contribution is 6.09. The molecule has 0 saturated carbocycles. The maximum Gasteiger partial charge on any atom is 0.258 e. The number of nitrogens with zero attached hydrogens (tertiary/aromatic N) is 1. The summed E-state index contributed by atoms with van der Waals surface area (Å²) < 4.78 is 10.6. The number of aliphatic hydroxyl groups is 2. The van der Waals surface area contributed by atoms with Gasteiger partial charge in [0.25, 0.3) is 11.8 Å². The fourth-order valence-electron chi connectivity index (χ4n) is 2.51. The highest BCUT2D eigenvalue weighted by Crippen LogP contribution is 2.37. The molecule has 0 spiro atoms. The summed E-state index contributed by atoms with van der Waals surface area (Å²) in [4.78, 5) is 25.2. The Morgan fingerprint density at radius 1 is 1.19 bits per heavy atom. The number of imide groups is 1.